The Labute approximate surface area is 125 Å². The summed E-state index contributed by atoms with van der Waals surface area (Å²) in [5.41, 5.74) is 0.0620. The highest BCUT2D eigenvalue weighted by Gasteiger charge is 2.27. The van der Waals surface area contributed by atoms with Gasteiger partial charge < -0.3 is 4.74 Å². The zero-order valence-electron chi connectivity index (χ0n) is 12.3. The number of hydrogen-bond donors (Lipinski definition) is 1. The van der Waals surface area contributed by atoms with Crippen molar-refractivity contribution in [3.05, 3.63) is 29.8 Å². The predicted molar refractivity (Wildman–Crippen MR) is 79.5 cm³/mol. The molecule has 0 radical (unpaired) electrons. The molecule has 6 heteroatoms. The van der Waals surface area contributed by atoms with Crippen LogP contribution in [0.2, 0.25) is 0 Å². The Bertz CT molecular complexity index is 612. The van der Waals surface area contributed by atoms with Crippen LogP contribution >= 0.6 is 0 Å². The van der Waals surface area contributed by atoms with Crippen molar-refractivity contribution >= 4 is 16.0 Å². The molecule has 2 unspecified atom stereocenters. The Hall–Kier alpha value is -1.40. The van der Waals surface area contributed by atoms with Crippen LogP contribution in [0.4, 0.5) is 0 Å². The highest BCUT2D eigenvalue weighted by molar-refractivity contribution is 7.89. The number of ether oxygens (including phenoxy) is 1. The van der Waals surface area contributed by atoms with Crippen molar-refractivity contribution in [2.45, 2.75) is 31.1 Å². The van der Waals surface area contributed by atoms with Crippen molar-refractivity contribution in [2.75, 3.05) is 13.7 Å². The summed E-state index contributed by atoms with van der Waals surface area (Å²) in [5, 5.41) is 0. The van der Waals surface area contributed by atoms with Crippen molar-refractivity contribution in [3.63, 3.8) is 0 Å². The van der Waals surface area contributed by atoms with Crippen LogP contribution in [-0.2, 0) is 14.8 Å². The number of esters is 1. The summed E-state index contributed by atoms with van der Waals surface area (Å²) in [7, 11) is -2.47. The van der Waals surface area contributed by atoms with Gasteiger partial charge in [0.05, 0.1) is 17.6 Å². The molecule has 0 aliphatic heterocycles. The third kappa shape index (κ3) is 3.63. The first-order valence-corrected chi connectivity index (χ1v) is 8.61. The Balaban J connectivity index is 2.18. The lowest BCUT2D eigenvalue weighted by atomic mass is 9.99. The molecule has 1 N–H and O–H groups in total. The van der Waals surface area contributed by atoms with E-state index >= 15 is 0 Å². The Morgan fingerprint density at radius 2 is 2.05 bits per heavy atom. The molecule has 1 aromatic rings. The van der Waals surface area contributed by atoms with E-state index in [1.54, 1.807) is 12.1 Å². The fraction of sp³-hybridized carbons (Fsp3) is 0.533. The monoisotopic (exact) mass is 311 g/mol. The molecular weight excluding hydrogens is 290 g/mol. The van der Waals surface area contributed by atoms with Crippen molar-refractivity contribution in [1.29, 1.82) is 0 Å². The van der Waals surface area contributed by atoms with Gasteiger partial charge in [-0.25, -0.2) is 17.9 Å². The molecule has 2 rings (SSSR count). The standard InChI is InChI=1S/C15H21NO4S/c1-11-6-5-7-12(11)10-16-21(18,19)14-9-4-3-8-13(14)15(17)20-2/h3-4,8-9,11-12,16H,5-7,10H2,1-2H3. The maximum absolute atomic E-state index is 12.4. The smallest absolute Gasteiger partial charge is 0.339 e. The fourth-order valence-electron chi connectivity index (χ4n) is 2.80. The van der Waals surface area contributed by atoms with Gasteiger partial charge in [0.15, 0.2) is 0 Å². The van der Waals surface area contributed by atoms with E-state index in [9.17, 15) is 13.2 Å². The topological polar surface area (TPSA) is 72.5 Å². The number of sulfonamides is 1. The van der Waals surface area contributed by atoms with Crippen molar-refractivity contribution in [1.82, 2.24) is 4.72 Å². The van der Waals surface area contributed by atoms with Crippen LogP contribution in [0.3, 0.4) is 0 Å². The maximum Gasteiger partial charge on any atom is 0.339 e. The number of nitrogens with one attached hydrogen (secondary N) is 1. The summed E-state index contributed by atoms with van der Waals surface area (Å²) < 4.78 is 32.1. The van der Waals surface area contributed by atoms with Gasteiger partial charge in [0.2, 0.25) is 10.0 Å². The minimum absolute atomic E-state index is 0.0255. The normalized spacial score (nSPS) is 22.2. The number of hydrogen-bond acceptors (Lipinski definition) is 4. The van der Waals surface area contributed by atoms with Crippen LogP contribution in [0.25, 0.3) is 0 Å². The Morgan fingerprint density at radius 3 is 2.67 bits per heavy atom. The van der Waals surface area contributed by atoms with Crippen LogP contribution < -0.4 is 4.72 Å². The molecule has 5 nitrogen and oxygen atoms in total. The van der Waals surface area contributed by atoms with Crippen LogP contribution in [0.15, 0.2) is 29.2 Å². The summed E-state index contributed by atoms with van der Waals surface area (Å²) >= 11 is 0. The molecule has 0 amide bonds. The molecule has 116 valence electrons. The Kier molecular flexibility index (Phi) is 5.00. The minimum Gasteiger partial charge on any atom is -0.465 e. The third-order valence-electron chi connectivity index (χ3n) is 4.16. The molecule has 0 bridgehead atoms. The van der Waals surface area contributed by atoms with Gasteiger partial charge in [-0.3, -0.25) is 0 Å². The number of carbonyl (C=O) groups excluding carboxylic acids is 1. The first kappa shape index (κ1) is 16.0. The first-order valence-electron chi connectivity index (χ1n) is 7.12. The molecule has 0 spiro atoms. The molecule has 0 saturated heterocycles. The summed E-state index contributed by atoms with van der Waals surface area (Å²) in [5.74, 6) is 0.249. The molecule has 0 heterocycles. The average molecular weight is 311 g/mol. The fourth-order valence-corrected chi connectivity index (χ4v) is 4.09. The van der Waals surface area contributed by atoms with Crippen LogP contribution in [0.1, 0.15) is 36.5 Å². The first-order chi connectivity index (χ1) is 9.95. The van der Waals surface area contributed by atoms with E-state index in [2.05, 4.69) is 16.4 Å². The number of benzene rings is 1. The molecule has 1 saturated carbocycles. The van der Waals surface area contributed by atoms with E-state index in [4.69, 9.17) is 0 Å². The largest absolute Gasteiger partial charge is 0.465 e. The van der Waals surface area contributed by atoms with E-state index in [1.807, 2.05) is 0 Å². The van der Waals surface area contributed by atoms with Crippen molar-refractivity contribution < 1.29 is 17.9 Å². The molecular formula is C15H21NO4S. The lowest BCUT2D eigenvalue weighted by molar-refractivity contribution is 0.0596. The second-order valence-corrected chi connectivity index (χ2v) is 7.24. The van der Waals surface area contributed by atoms with Gasteiger partial charge in [-0.05, 0) is 30.4 Å². The minimum atomic E-state index is -3.71. The molecule has 21 heavy (non-hydrogen) atoms. The van der Waals surface area contributed by atoms with Gasteiger partial charge in [0, 0.05) is 6.54 Å². The van der Waals surface area contributed by atoms with Crippen molar-refractivity contribution in [2.24, 2.45) is 11.8 Å². The summed E-state index contributed by atoms with van der Waals surface area (Å²) in [4.78, 5) is 11.7. The summed E-state index contributed by atoms with van der Waals surface area (Å²) in [6.07, 6.45) is 3.33. The van der Waals surface area contributed by atoms with Crippen molar-refractivity contribution in [3.8, 4) is 0 Å². The number of carbonyl (C=O) groups is 1. The molecule has 0 aromatic heterocycles. The van der Waals surface area contributed by atoms with Gasteiger partial charge in [-0.15, -0.1) is 0 Å². The average Bonchev–Trinajstić information content (AvgIpc) is 2.90. The molecule has 1 aromatic carbocycles. The van der Waals surface area contributed by atoms with Gasteiger partial charge in [-0.2, -0.15) is 0 Å². The zero-order valence-corrected chi connectivity index (χ0v) is 13.2. The van der Waals surface area contributed by atoms with Gasteiger partial charge in [-0.1, -0.05) is 31.9 Å². The predicted octanol–water partition coefficient (Wildman–Crippen LogP) is 2.19. The lowest BCUT2D eigenvalue weighted by Crippen LogP contribution is -2.31. The number of methoxy groups -OCH3 is 1. The summed E-state index contributed by atoms with van der Waals surface area (Å²) in [6.45, 7) is 2.56. The van der Waals surface area contributed by atoms with Crippen LogP contribution in [0.5, 0.6) is 0 Å². The highest BCUT2D eigenvalue weighted by Crippen LogP contribution is 2.30. The van der Waals surface area contributed by atoms with Gasteiger partial charge >= 0.3 is 5.97 Å². The van der Waals surface area contributed by atoms with E-state index in [1.165, 1.54) is 19.2 Å². The van der Waals surface area contributed by atoms with E-state index in [0.29, 0.717) is 18.4 Å². The third-order valence-corrected chi connectivity index (χ3v) is 5.64. The second kappa shape index (κ2) is 6.58. The van der Waals surface area contributed by atoms with E-state index < -0.39 is 16.0 Å². The maximum atomic E-state index is 12.4. The lowest BCUT2D eigenvalue weighted by Gasteiger charge is -2.16. The quantitative estimate of drug-likeness (QED) is 0.846. The number of rotatable bonds is 5. The Morgan fingerprint density at radius 1 is 1.33 bits per heavy atom. The molecule has 2 atom stereocenters. The van der Waals surface area contributed by atoms with Crippen LogP contribution in [0, 0.1) is 11.8 Å². The second-order valence-electron chi connectivity index (χ2n) is 5.51. The molecule has 1 aliphatic rings. The highest BCUT2D eigenvalue weighted by atomic mass is 32.2. The van der Waals surface area contributed by atoms with Gasteiger partial charge in [0.1, 0.15) is 0 Å². The van der Waals surface area contributed by atoms with E-state index in [0.717, 1.165) is 19.3 Å². The molecule has 1 aliphatic carbocycles. The van der Waals surface area contributed by atoms with E-state index in [-0.39, 0.29) is 10.5 Å². The SMILES string of the molecule is COC(=O)c1ccccc1S(=O)(=O)NCC1CCCC1C. The van der Waals surface area contributed by atoms with Gasteiger partial charge in [0.25, 0.3) is 0 Å². The van der Waals surface area contributed by atoms with Crippen LogP contribution in [-0.4, -0.2) is 28.0 Å². The zero-order chi connectivity index (χ0) is 15.5. The molecule has 1 fully saturated rings. The summed E-state index contributed by atoms with van der Waals surface area (Å²) in [6, 6.07) is 6.09.